The van der Waals surface area contributed by atoms with Crippen molar-refractivity contribution < 1.29 is 13.7 Å². The van der Waals surface area contributed by atoms with E-state index in [1.165, 1.54) is 0 Å². The largest absolute Gasteiger partial charge is 0.353 e. The predicted molar refractivity (Wildman–Crippen MR) is 98.1 cm³/mol. The lowest BCUT2D eigenvalue weighted by Gasteiger charge is -2.12. The van der Waals surface area contributed by atoms with Crippen molar-refractivity contribution in [2.24, 2.45) is 0 Å². The molecule has 11 heteroatoms. The van der Waals surface area contributed by atoms with Gasteiger partial charge in [-0.15, -0.1) is 0 Å². The van der Waals surface area contributed by atoms with Crippen LogP contribution in [0.25, 0.3) is 0 Å². The summed E-state index contributed by atoms with van der Waals surface area (Å²) >= 11 is 12.0. The molecule has 0 fully saturated rings. The molecule has 0 aliphatic carbocycles. The maximum Gasteiger partial charge on any atom is 0.353 e. The molecule has 2 aromatic carbocycles. The number of nitrogens with one attached hydrogen (secondary N) is 2. The molecule has 0 aliphatic heterocycles. The van der Waals surface area contributed by atoms with Crippen molar-refractivity contribution in [2.45, 2.75) is 0 Å². The minimum atomic E-state index is -0.935. The molecule has 1 heterocycles. The van der Waals surface area contributed by atoms with Gasteiger partial charge in [-0.2, -0.15) is 0 Å². The molecule has 0 unspecified atom stereocenters. The van der Waals surface area contributed by atoms with Crippen molar-refractivity contribution in [3.63, 3.8) is 0 Å². The third-order valence-corrected chi connectivity index (χ3v) is 4.21. The minimum Gasteiger partial charge on any atom is -0.333 e. The van der Waals surface area contributed by atoms with Crippen LogP contribution in [0, 0.1) is 21.7 Å². The Labute approximate surface area is 161 Å². The van der Waals surface area contributed by atoms with E-state index in [2.05, 4.69) is 20.6 Å². The first-order valence-corrected chi connectivity index (χ1v) is 8.05. The molecule has 7 nitrogen and oxygen atoms in total. The van der Waals surface area contributed by atoms with Crippen molar-refractivity contribution >= 4 is 51.9 Å². The number of halogens is 4. The SMILES string of the molecule is O=[N+]([O-])c1c(Nc2ccc(F)cc2F)ncnc1Nc1cccc(Cl)c1Cl. The number of hydrogen-bond donors (Lipinski definition) is 2. The van der Waals surface area contributed by atoms with E-state index < -0.39 is 22.2 Å². The summed E-state index contributed by atoms with van der Waals surface area (Å²) in [5, 5.41) is 17.1. The summed E-state index contributed by atoms with van der Waals surface area (Å²) in [5.41, 5.74) is -0.466. The van der Waals surface area contributed by atoms with E-state index in [0.29, 0.717) is 6.07 Å². The number of nitro groups is 1. The van der Waals surface area contributed by atoms with E-state index in [4.69, 9.17) is 23.2 Å². The van der Waals surface area contributed by atoms with Gasteiger partial charge in [0, 0.05) is 6.07 Å². The first-order valence-electron chi connectivity index (χ1n) is 7.29. The van der Waals surface area contributed by atoms with Gasteiger partial charge >= 0.3 is 5.69 Å². The predicted octanol–water partition coefficient (Wildman–Crippen LogP) is 5.46. The zero-order valence-electron chi connectivity index (χ0n) is 13.2. The third kappa shape index (κ3) is 4.04. The zero-order valence-corrected chi connectivity index (χ0v) is 14.7. The lowest BCUT2D eigenvalue weighted by molar-refractivity contribution is -0.383. The fourth-order valence-electron chi connectivity index (χ4n) is 2.18. The zero-order chi connectivity index (χ0) is 19.6. The number of rotatable bonds is 5. The van der Waals surface area contributed by atoms with E-state index in [1.54, 1.807) is 18.2 Å². The molecule has 0 atom stereocenters. The smallest absolute Gasteiger partial charge is 0.333 e. The van der Waals surface area contributed by atoms with Gasteiger partial charge in [0.1, 0.15) is 18.0 Å². The lowest BCUT2D eigenvalue weighted by atomic mass is 10.3. The van der Waals surface area contributed by atoms with Crippen LogP contribution in [0.3, 0.4) is 0 Å². The normalized spacial score (nSPS) is 10.5. The average molecular weight is 412 g/mol. The number of nitrogens with zero attached hydrogens (tertiary/aromatic N) is 3. The summed E-state index contributed by atoms with van der Waals surface area (Å²) in [5.74, 6) is -2.20. The quantitative estimate of drug-likeness (QED) is 0.427. The molecule has 27 heavy (non-hydrogen) atoms. The van der Waals surface area contributed by atoms with Gasteiger partial charge in [0.25, 0.3) is 0 Å². The topological polar surface area (TPSA) is 93.0 Å². The fourth-order valence-corrected chi connectivity index (χ4v) is 2.53. The van der Waals surface area contributed by atoms with Crippen LogP contribution in [-0.2, 0) is 0 Å². The number of aromatic nitrogens is 2. The van der Waals surface area contributed by atoms with E-state index in [-0.39, 0.29) is 33.1 Å². The summed E-state index contributed by atoms with van der Waals surface area (Å²) in [6.45, 7) is 0. The molecule has 3 aromatic rings. The second kappa shape index (κ2) is 7.68. The molecule has 3 rings (SSSR count). The van der Waals surface area contributed by atoms with E-state index >= 15 is 0 Å². The highest BCUT2D eigenvalue weighted by molar-refractivity contribution is 6.43. The maximum absolute atomic E-state index is 13.9. The first-order chi connectivity index (χ1) is 12.9. The summed E-state index contributed by atoms with van der Waals surface area (Å²) in [7, 11) is 0. The van der Waals surface area contributed by atoms with Crippen molar-refractivity contribution in [2.75, 3.05) is 10.6 Å². The molecule has 0 bridgehead atoms. The standard InChI is InChI=1S/C16H9Cl2F2N5O2/c17-9-2-1-3-12(13(9)18)24-16-14(25(26)27)15(21-7-22-16)23-11-5-4-8(19)6-10(11)20/h1-7H,(H2,21,22,23,24). The van der Waals surface area contributed by atoms with Gasteiger partial charge in [-0.3, -0.25) is 10.1 Å². The maximum atomic E-state index is 13.9. The highest BCUT2D eigenvalue weighted by atomic mass is 35.5. The Kier molecular flexibility index (Phi) is 5.33. The van der Waals surface area contributed by atoms with Crippen LogP contribution in [-0.4, -0.2) is 14.9 Å². The fraction of sp³-hybridized carbons (Fsp3) is 0. The van der Waals surface area contributed by atoms with E-state index in [9.17, 15) is 18.9 Å². The summed E-state index contributed by atoms with van der Waals surface area (Å²) in [6, 6.07) is 7.43. The molecule has 0 amide bonds. The second-order valence-corrected chi connectivity index (χ2v) is 5.94. The third-order valence-electron chi connectivity index (χ3n) is 3.39. The van der Waals surface area contributed by atoms with Gasteiger partial charge in [-0.05, 0) is 24.3 Å². The number of benzene rings is 2. The van der Waals surface area contributed by atoms with E-state index in [0.717, 1.165) is 18.5 Å². The van der Waals surface area contributed by atoms with Crippen LogP contribution in [0.2, 0.25) is 10.0 Å². The van der Waals surface area contributed by atoms with Crippen LogP contribution >= 0.6 is 23.2 Å². The van der Waals surface area contributed by atoms with Crippen molar-refractivity contribution in [3.8, 4) is 0 Å². The molecule has 0 spiro atoms. The Morgan fingerprint density at radius 3 is 2.30 bits per heavy atom. The summed E-state index contributed by atoms with van der Waals surface area (Å²) in [6.07, 6.45) is 1.04. The molecule has 2 N–H and O–H groups in total. The van der Waals surface area contributed by atoms with Crippen molar-refractivity contribution in [1.29, 1.82) is 0 Å². The Hall–Kier alpha value is -3.04. The Bertz CT molecular complexity index is 1040. The Morgan fingerprint density at radius 1 is 1.00 bits per heavy atom. The lowest BCUT2D eigenvalue weighted by Crippen LogP contribution is -2.06. The molecule has 0 saturated carbocycles. The summed E-state index contributed by atoms with van der Waals surface area (Å²) in [4.78, 5) is 18.4. The molecule has 0 aliphatic rings. The molecule has 0 saturated heterocycles. The van der Waals surface area contributed by atoms with Crippen molar-refractivity contribution in [1.82, 2.24) is 9.97 Å². The molecule has 1 aromatic heterocycles. The highest BCUT2D eigenvalue weighted by Crippen LogP contribution is 2.37. The van der Waals surface area contributed by atoms with Crippen LogP contribution in [0.5, 0.6) is 0 Å². The van der Waals surface area contributed by atoms with Crippen LogP contribution in [0.4, 0.5) is 37.5 Å². The second-order valence-electron chi connectivity index (χ2n) is 5.15. The van der Waals surface area contributed by atoms with Gasteiger partial charge in [-0.1, -0.05) is 29.3 Å². The molecular formula is C16H9Cl2F2N5O2. The van der Waals surface area contributed by atoms with Gasteiger partial charge < -0.3 is 10.6 Å². The van der Waals surface area contributed by atoms with Gasteiger partial charge in [-0.25, -0.2) is 18.7 Å². The van der Waals surface area contributed by atoms with Crippen LogP contribution in [0.1, 0.15) is 0 Å². The van der Waals surface area contributed by atoms with Crippen molar-refractivity contribution in [3.05, 3.63) is 74.5 Å². The van der Waals surface area contributed by atoms with Gasteiger partial charge in [0.2, 0.25) is 11.6 Å². The van der Waals surface area contributed by atoms with E-state index in [1.807, 2.05) is 0 Å². The monoisotopic (exact) mass is 411 g/mol. The molecule has 0 radical (unpaired) electrons. The number of hydrogen-bond acceptors (Lipinski definition) is 6. The molecule has 138 valence electrons. The first kappa shape index (κ1) is 18.7. The number of anilines is 4. The minimum absolute atomic E-state index is 0.145. The Balaban J connectivity index is 2.02. The van der Waals surface area contributed by atoms with Crippen LogP contribution < -0.4 is 10.6 Å². The average Bonchev–Trinajstić information content (AvgIpc) is 2.61. The summed E-state index contributed by atoms with van der Waals surface area (Å²) < 4.78 is 26.9. The van der Waals surface area contributed by atoms with Gasteiger partial charge in [0.05, 0.1) is 26.3 Å². The van der Waals surface area contributed by atoms with Crippen LogP contribution in [0.15, 0.2) is 42.7 Å². The highest BCUT2D eigenvalue weighted by Gasteiger charge is 2.24. The van der Waals surface area contributed by atoms with Gasteiger partial charge in [0.15, 0.2) is 0 Å². The Morgan fingerprint density at radius 2 is 1.67 bits per heavy atom. The molecular weight excluding hydrogens is 403 g/mol.